The van der Waals surface area contributed by atoms with Gasteiger partial charge in [0.25, 0.3) is 0 Å². The Morgan fingerprint density at radius 2 is 1.97 bits per heavy atom. The van der Waals surface area contributed by atoms with E-state index in [2.05, 4.69) is 31.5 Å². The van der Waals surface area contributed by atoms with Gasteiger partial charge in [-0.15, -0.1) is 5.10 Å². The molecular weight excluding hydrogens is 450 g/mol. The molecule has 1 N–H and O–H groups in total. The summed E-state index contributed by atoms with van der Waals surface area (Å²) in [5.41, 5.74) is 3.55. The van der Waals surface area contributed by atoms with Crippen LogP contribution in [0.1, 0.15) is 60.5 Å². The second kappa shape index (κ2) is 10.7. The summed E-state index contributed by atoms with van der Waals surface area (Å²) in [6.07, 6.45) is 5.71. The molecule has 0 bridgehead atoms. The maximum Gasteiger partial charge on any atom is 0.235 e. The highest BCUT2D eigenvalue weighted by atomic mass is 32.2. The van der Waals surface area contributed by atoms with Gasteiger partial charge >= 0.3 is 0 Å². The Bertz CT molecular complexity index is 1190. The SMILES string of the molecule is COc1ccc(Cn2nnnc2SCC(=O)Nc2c(C#N)c(C)c(C)n2C2CCCCC2)cc1. The van der Waals surface area contributed by atoms with Gasteiger partial charge in [0.15, 0.2) is 0 Å². The number of rotatable bonds is 8. The fourth-order valence-electron chi connectivity index (χ4n) is 4.48. The Morgan fingerprint density at radius 3 is 2.65 bits per heavy atom. The van der Waals surface area contributed by atoms with Crippen molar-refractivity contribution in [3.8, 4) is 11.8 Å². The van der Waals surface area contributed by atoms with Gasteiger partial charge in [0.05, 0.1) is 25.0 Å². The predicted octanol–water partition coefficient (Wildman–Crippen LogP) is 4.26. The van der Waals surface area contributed by atoms with E-state index >= 15 is 0 Å². The first kappa shape index (κ1) is 23.8. The molecule has 1 fully saturated rings. The highest BCUT2D eigenvalue weighted by molar-refractivity contribution is 7.99. The van der Waals surface area contributed by atoms with Crippen LogP contribution in [0.4, 0.5) is 5.82 Å². The minimum atomic E-state index is -0.185. The van der Waals surface area contributed by atoms with Crippen molar-refractivity contribution < 1.29 is 9.53 Å². The molecule has 178 valence electrons. The van der Waals surface area contributed by atoms with E-state index in [-0.39, 0.29) is 11.7 Å². The molecule has 0 unspecified atom stereocenters. The molecule has 3 aromatic rings. The Labute approximate surface area is 203 Å². The molecule has 10 heteroatoms. The van der Waals surface area contributed by atoms with E-state index in [0.29, 0.717) is 29.1 Å². The average molecular weight is 480 g/mol. The van der Waals surface area contributed by atoms with E-state index in [1.807, 2.05) is 38.1 Å². The Morgan fingerprint density at radius 1 is 1.24 bits per heavy atom. The molecule has 2 aromatic heterocycles. The zero-order valence-corrected chi connectivity index (χ0v) is 20.6. The van der Waals surface area contributed by atoms with Crippen LogP contribution < -0.4 is 10.1 Å². The van der Waals surface area contributed by atoms with Crippen LogP contribution in [0.3, 0.4) is 0 Å². The summed E-state index contributed by atoms with van der Waals surface area (Å²) in [4.78, 5) is 12.9. The van der Waals surface area contributed by atoms with Crippen LogP contribution in [0.5, 0.6) is 5.75 Å². The topological polar surface area (TPSA) is 111 Å². The largest absolute Gasteiger partial charge is 0.497 e. The number of tetrazole rings is 1. The summed E-state index contributed by atoms with van der Waals surface area (Å²) in [7, 11) is 1.63. The number of hydrogen-bond acceptors (Lipinski definition) is 7. The van der Waals surface area contributed by atoms with E-state index in [0.717, 1.165) is 35.4 Å². The zero-order valence-electron chi connectivity index (χ0n) is 19.7. The van der Waals surface area contributed by atoms with Gasteiger partial charge in [-0.05, 0) is 60.4 Å². The van der Waals surface area contributed by atoms with Gasteiger partial charge in [0, 0.05) is 11.7 Å². The molecule has 9 nitrogen and oxygen atoms in total. The van der Waals surface area contributed by atoms with Crippen LogP contribution in [0.2, 0.25) is 0 Å². The number of methoxy groups -OCH3 is 1. The third-order valence-electron chi connectivity index (χ3n) is 6.39. The standard InChI is InChI=1S/C24H29N7O2S/c1-16-17(2)31(19-7-5-4-6-8-19)23(21(16)13-25)26-22(32)15-34-24-27-28-29-30(24)14-18-9-11-20(33-3)12-10-18/h9-12,19H,4-8,14-15H2,1-3H3,(H,26,32). The summed E-state index contributed by atoms with van der Waals surface area (Å²) < 4.78 is 9.03. The van der Waals surface area contributed by atoms with Gasteiger partial charge in [0.2, 0.25) is 11.1 Å². The Balaban J connectivity index is 1.45. The smallest absolute Gasteiger partial charge is 0.235 e. The van der Waals surface area contributed by atoms with Crippen LogP contribution in [-0.2, 0) is 11.3 Å². The number of nitriles is 1. The van der Waals surface area contributed by atoms with Crippen molar-refractivity contribution in [3.05, 3.63) is 46.6 Å². The van der Waals surface area contributed by atoms with E-state index < -0.39 is 0 Å². The fourth-order valence-corrected chi connectivity index (χ4v) is 5.16. The molecule has 0 radical (unpaired) electrons. The van der Waals surface area contributed by atoms with Gasteiger partial charge in [-0.2, -0.15) is 5.26 Å². The molecule has 0 saturated heterocycles. The van der Waals surface area contributed by atoms with Crippen molar-refractivity contribution in [1.29, 1.82) is 5.26 Å². The molecule has 0 spiro atoms. The number of hydrogen-bond donors (Lipinski definition) is 1. The van der Waals surface area contributed by atoms with Crippen LogP contribution in [0, 0.1) is 25.2 Å². The van der Waals surface area contributed by atoms with Crippen LogP contribution >= 0.6 is 11.8 Å². The number of thioether (sulfide) groups is 1. The van der Waals surface area contributed by atoms with Gasteiger partial charge in [-0.1, -0.05) is 43.2 Å². The number of nitrogens with zero attached hydrogens (tertiary/aromatic N) is 6. The van der Waals surface area contributed by atoms with E-state index in [9.17, 15) is 10.1 Å². The maximum absolute atomic E-state index is 12.9. The minimum absolute atomic E-state index is 0.141. The molecule has 1 amide bonds. The fraction of sp³-hybridized carbons (Fsp3) is 0.458. The van der Waals surface area contributed by atoms with Crippen molar-refractivity contribution >= 4 is 23.5 Å². The van der Waals surface area contributed by atoms with Crippen LogP contribution in [0.15, 0.2) is 29.4 Å². The molecule has 1 saturated carbocycles. The molecule has 2 heterocycles. The molecule has 1 aliphatic carbocycles. The molecule has 0 aliphatic heterocycles. The number of amides is 1. The number of carbonyl (C=O) groups excluding carboxylic acids is 1. The number of carbonyl (C=O) groups is 1. The van der Waals surface area contributed by atoms with Crippen LogP contribution in [0.25, 0.3) is 0 Å². The molecule has 1 aromatic carbocycles. The number of benzene rings is 1. The number of ether oxygens (including phenoxy) is 1. The first-order valence-electron chi connectivity index (χ1n) is 11.4. The summed E-state index contributed by atoms with van der Waals surface area (Å²) >= 11 is 1.27. The van der Waals surface area contributed by atoms with Gasteiger partial charge < -0.3 is 14.6 Å². The minimum Gasteiger partial charge on any atom is -0.497 e. The molecule has 0 atom stereocenters. The quantitative estimate of drug-likeness (QED) is 0.481. The van der Waals surface area contributed by atoms with Crippen molar-refractivity contribution in [2.75, 3.05) is 18.2 Å². The number of aromatic nitrogens is 5. The monoisotopic (exact) mass is 479 g/mol. The molecule has 4 rings (SSSR count). The second-order valence-corrected chi connectivity index (χ2v) is 9.45. The summed E-state index contributed by atoms with van der Waals surface area (Å²) in [5.74, 6) is 1.36. The van der Waals surface area contributed by atoms with Gasteiger partial charge in [-0.25, -0.2) is 4.68 Å². The first-order valence-corrected chi connectivity index (χ1v) is 12.4. The molecule has 1 aliphatic rings. The van der Waals surface area contributed by atoms with Crippen LogP contribution in [-0.4, -0.2) is 43.5 Å². The lowest BCUT2D eigenvalue weighted by Gasteiger charge is -2.27. The first-order chi connectivity index (χ1) is 16.5. The highest BCUT2D eigenvalue weighted by Gasteiger charge is 2.26. The lowest BCUT2D eigenvalue weighted by molar-refractivity contribution is -0.113. The summed E-state index contributed by atoms with van der Waals surface area (Å²) in [6.45, 7) is 4.47. The lowest BCUT2D eigenvalue weighted by atomic mass is 9.95. The van der Waals surface area contributed by atoms with Crippen molar-refractivity contribution in [2.45, 2.75) is 63.7 Å². The molecule has 34 heavy (non-hydrogen) atoms. The Kier molecular flexibility index (Phi) is 7.53. The summed E-state index contributed by atoms with van der Waals surface area (Å²) in [5, 5.41) is 25.3. The number of anilines is 1. The highest BCUT2D eigenvalue weighted by Crippen LogP contribution is 2.36. The maximum atomic E-state index is 12.9. The van der Waals surface area contributed by atoms with E-state index in [4.69, 9.17) is 4.74 Å². The third-order valence-corrected chi connectivity index (χ3v) is 7.35. The van der Waals surface area contributed by atoms with Gasteiger partial charge in [0.1, 0.15) is 17.6 Å². The number of nitrogens with one attached hydrogen (secondary N) is 1. The van der Waals surface area contributed by atoms with Gasteiger partial charge in [-0.3, -0.25) is 4.79 Å². The second-order valence-electron chi connectivity index (χ2n) is 8.51. The van der Waals surface area contributed by atoms with Crippen molar-refractivity contribution in [2.24, 2.45) is 0 Å². The lowest BCUT2D eigenvalue weighted by Crippen LogP contribution is -2.22. The third kappa shape index (κ3) is 5.09. The average Bonchev–Trinajstić information content (AvgIpc) is 3.40. The normalized spacial score (nSPS) is 14.1. The van der Waals surface area contributed by atoms with Crippen molar-refractivity contribution in [3.63, 3.8) is 0 Å². The Hall–Kier alpha value is -3.32. The zero-order chi connectivity index (χ0) is 24.1. The molecular formula is C24H29N7O2S. The predicted molar refractivity (Wildman–Crippen MR) is 130 cm³/mol. The van der Waals surface area contributed by atoms with E-state index in [1.165, 1.54) is 31.0 Å². The van der Waals surface area contributed by atoms with Crippen molar-refractivity contribution in [1.82, 2.24) is 24.8 Å². The van der Waals surface area contributed by atoms with E-state index in [1.54, 1.807) is 11.8 Å². The summed E-state index contributed by atoms with van der Waals surface area (Å²) in [6, 6.07) is 10.3.